The van der Waals surface area contributed by atoms with E-state index in [2.05, 4.69) is 64.7 Å². The molecule has 12 heteroatoms. The van der Waals surface area contributed by atoms with Crippen LogP contribution in [0.5, 0.6) is 0 Å². The Morgan fingerprint density at radius 2 is 1.39 bits per heavy atom. The van der Waals surface area contributed by atoms with Gasteiger partial charge in [0.1, 0.15) is 5.69 Å². The third-order valence-corrected chi connectivity index (χ3v) is 7.15. The molecule has 3 aromatic rings. The first kappa shape index (κ1) is 33.4. The van der Waals surface area contributed by atoms with Crippen molar-refractivity contribution in [3.63, 3.8) is 0 Å². The monoisotopic (exact) mass is 609 g/mol. The lowest BCUT2D eigenvalue weighted by Gasteiger charge is -2.26. The maximum absolute atomic E-state index is 5.85. The third-order valence-electron chi connectivity index (χ3n) is 7.15. The predicted molar refractivity (Wildman–Crippen MR) is 171 cm³/mol. The lowest BCUT2D eigenvalue weighted by Crippen LogP contribution is -2.30. The van der Waals surface area contributed by atoms with Crippen molar-refractivity contribution in [2.24, 2.45) is 11.6 Å². The van der Waals surface area contributed by atoms with E-state index in [1.54, 1.807) is 6.20 Å². The molecule has 0 atom stereocenters. The van der Waals surface area contributed by atoms with Crippen LogP contribution in [0.1, 0.15) is 18.9 Å². The molecule has 0 amide bonds. The molecule has 1 aliphatic heterocycles. The van der Waals surface area contributed by atoms with Crippen LogP contribution >= 0.6 is 0 Å². The Balaban J connectivity index is 1.06. The zero-order chi connectivity index (χ0) is 31.0. The van der Waals surface area contributed by atoms with E-state index in [0.29, 0.717) is 79.2 Å². The van der Waals surface area contributed by atoms with Gasteiger partial charge in [-0.1, -0.05) is 54.6 Å². The zero-order valence-corrected chi connectivity index (χ0v) is 26.0. The highest BCUT2D eigenvalue weighted by molar-refractivity contribution is 5.87. The molecule has 0 fully saturated rings. The lowest BCUT2D eigenvalue weighted by atomic mass is 9.96. The van der Waals surface area contributed by atoms with Crippen molar-refractivity contribution in [2.45, 2.75) is 26.4 Å². The van der Waals surface area contributed by atoms with E-state index in [9.17, 15) is 0 Å². The van der Waals surface area contributed by atoms with E-state index in [4.69, 9.17) is 35.3 Å². The Hall–Kier alpha value is -3.52. The van der Waals surface area contributed by atoms with Crippen molar-refractivity contribution >= 4 is 5.69 Å². The smallest absolute Gasteiger partial charge is 0.123 e. The van der Waals surface area contributed by atoms with Crippen LogP contribution in [-0.4, -0.2) is 99.7 Å². The quantitative estimate of drug-likeness (QED) is 0.111. The van der Waals surface area contributed by atoms with Gasteiger partial charge in [-0.3, -0.25) is 0 Å². The minimum atomic E-state index is 0.494. The molecule has 44 heavy (non-hydrogen) atoms. The van der Waals surface area contributed by atoms with Crippen molar-refractivity contribution < 1.29 is 23.7 Å². The maximum Gasteiger partial charge on any atom is 0.123 e. The number of ether oxygens (including phenoxy) is 5. The minimum Gasteiger partial charge on any atom is -0.401 e. The Bertz CT molecular complexity index is 1300. The number of hydrazine groups is 1. The van der Waals surface area contributed by atoms with Gasteiger partial charge in [0.05, 0.1) is 84.9 Å². The number of nitrogens with zero attached hydrogens (tertiary/aromatic N) is 5. The largest absolute Gasteiger partial charge is 0.401 e. The van der Waals surface area contributed by atoms with Crippen LogP contribution in [0.4, 0.5) is 5.69 Å². The normalized spacial score (nSPS) is 12.8. The van der Waals surface area contributed by atoms with Crippen LogP contribution in [0, 0.1) is 0 Å². The Labute approximate surface area is 260 Å². The fourth-order valence-electron chi connectivity index (χ4n) is 4.83. The summed E-state index contributed by atoms with van der Waals surface area (Å²) >= 11 is 0. The summed E-state index contributed by atoms with van der Waals surface area (Å²) in [6, 6.07) is 16.8. The molecule has 1 aliphatic rings. The van der Waals surface area contributed by atoms with E-state index < -0.39 is 0 Å². The molecule has 0 aliphatic carbocycles. The van der Waals surface area contributed by atoms with Gasteiger partial charge in [-0.15, -0.1) is 5.10 Å². The molecule has 0 saturated heterocycles. The number of para-hydroxylation sites is 1. The van der Waals surface area contributed by atoms with Crippen molar-refractivity contribution in [3.05, 3.63) is 66.0 Å². The number of hydrogen-bond donors (Lipinski definition) is 2. The van der Waals surface area contributed by atoms with Gasteiger partial charge in [-0.05, 0) is 18.1 Å². The molecule has 240 valence electrons. The van der Waals surface area contributed by atoms with Crippen LogP contribution in [0.25, 0.3) is 22.5 Å². The van der Waals surface area contributed by atoms with Crippen LogP contribution in [0.3, 0.4) is 0 Å². The third kappa shape index (κ3) is 10.0. The average molecular weight is 610 g/mol. The van der Waals surface area contributed by atoms with Crippen molar-refractivity contribution in [1.82, 2.24) is 20.0 Å². The Kier molecular flexibility index (Phi) is 13.9. The Morgan fingerprint density at radius 1 is 0.818 bits per heavy atom. The molecule has 0 unspecified atom stereocenters. The summed E-state index contributed by atoms with van der Waals surface area (Å²) in [5.74, 6) is 5.81. The highest BCUT2D eigenvalue weighted by atomic mass is 16.6. The van der Waals surface area contributed by atoms with E-state index in [0.717, 1.165) is 46.9 Å². The summed E-state index contributed by atoms with van der Waals surface area (Å²) in [6.07, 6.45) is 2.49. The molecule has 0 spiro atoms. The summed E-state index contributed by atoms with van der Waals surface area (Å²) in [5.41, 5.74) is 13.0. The van der Waals surface area contributed by atoms with E-state index in [-0.39, 0.29) is 0 Å². The van der Waals surface area contributed by atoms with Gasteiger partial charge >= 0.3 is 0 Å². The van der Waals surface area contributed by atoms with Gasteiger partial charge in [0.2, 0.25) is 0 Å². The molecule has 2 heterocycles. The highest BCUT2D eigenvalue weighted by Crippen LogP contribution is 2.40. The van der Waals surface area contributed by atoms with Gasteiger partial charge in [-0.25, -0.2) is 10.5 Å². The molecule has 2 aromatic carbocycles. The first-order chi connectivity index (χ1) is 21.6. The number of anilines is 1. The van der Waals surface area contributed by atoms with Crippen LogP contribution in [0.15, 0.2) is 60.4 Å². The van der Waals surface area contributed by atoms with E-state index in [1.165, 1.54) is 10.6 Å². The molecule has 0 bridgehead atoms. The van der Waals surface area contributed by atoms with Gasteiger partial charge < -0.3 is 39.3 Å². The first-order valence-corrected chi connectivity index (χ1v) is 15.3. The summed E-state index contributed by atoms with van der Waals surface area (Å²) in [4.78, 5) is 2.26. The maximum atomic E-state index is 5.85. The molecule has 4 rings (SSSR count). The standard InChI is InChI=1S/C32H47N7O5/c1-3-27(33)25-38(34)12-14-40-16-18-42-20-22-44-23-21-43-19-17-41-15-13-39-32-28-9-5-4-8-26(28)24-37(2)30-11-7-6-10-29(30)31(32)35-36-39/h4-11,25H,3,12-24,33-34H2,1-2H3/b27-25-. The van der Waals surface area contributed by atoms with Crippen LogP contribution < -0.4 is 16.5 Å². The van der Waals surface area contributed by atoms with E-state index >= 15 is 0 Å². The SMILES string of the molecule is CC/C(N)=C/N(N)CCOCCOCCOCCOCCOCCn1nnc2c1-c1ccccc1CN(C)c1ccccc1-2. The molecular weight excluding hydrogens is 562 g/mol. The minimum absolute atomic E-state index is 0.494. The zero-order valence-electron chi connectivity index (χ0n) is 26.0. The van der Waals surface area contributed by atoms with E-state index in [1.807, 2.05) is 17.7 Å². The van der Waals surface area contributed by atoms with Gasteiger partial charge in [0.15, 0.2) is 0 Å². The second kappa shape index (κ2) is 18.3. The van der Waals surface area contributed by atoms with Crippen molar-refractivity contribution in [2.75, 3.05) is 84.6 Å². The number of hydrogen-bond acceptors (Lipinski definition) is 11. The first-order valence-electron chi connectivity index (χ1n) is 15.3. The van der Waals surface area contributed by atoms with Crippen LogP contribution in [0.2, 0.25) is 0 Å². The summed E-state index contributed by atoms with van der Waals surface area (Å²) in [6.45, 7) is 8.98. The summed E-state index contributed by atoms with van der Waals surface area (Å²) in [7, 11) is 2.11. The number of benzene rings is 2. The average Bonchev–Trinajstić information content (AvgIpc) is 3.45. The Morgan fingerprint density at radius 3 is 2.05 bits per heavy atom. The molecule has 12 nitrogen and oxygen atoms in total. The van der Waals surface area contributed by atoms with Gasteiger partial charge in [-0.2, -0.15) is 0 Å². The van der Waals surface area contributed by atoms with Crippen molar-refractivity contribution in [3.8, 4) is 22.5 Å². The summed E-state index contributed by atoms with van der Waals surface area (Å²) < 4.78 is 30.0. The number of allylic oxidation sites excluding steroid dienone is 1. The van der Waals surface area contributed by atoms with Crippen molar-refractivity contribution in [1.29, 1.82) is 0 Å². The van der Waals surface area contributed by atoms with Crippen LogP contribution in [-0.2, 0) is 36.8 Å². The molecule has 4 N–H and O–H groups in total. The number of nitrogens with two attached hydrogens (primary N) is 2. The number of aromatic nitrogens is 3. The lowest BCUT2D eigenvalue weighted by molar-refractivity contribution is -0.0122. The van der Waals surface area contributed by atoms with Gasteiger partial charge in [0, 0.05) is 42.3 Å². The number of rotatable bonds is 20. The second-order valence-electron chi connectivity index (χ2n) is 10.4. The number of fused-ring (bicyclic) bond motifs is 5. The topological polar surface area (TPSA) is 135 Å². The fourth-order valence-corrected chi connectivity index (χ4v) is 4.83. The molecular formula is C32H47N7O5. The predicted octanol–water partition coefficient (Wildman–Crippen LogP) is 3.03. The molecule has 0 saturated carbocycles. The molecule has 0 radical (unpaired) electrons. The molecule has 1 aromatic heterocycles. The highest BCUT2D eigenvalue weighted by Gasteiger charge is 2.24. The summed E-state index contributed by atoms with van der Waals surface area (Å²) in [5, 5.41) is 10.7. The second-order valence-corrected chi connectivity index (χ2v) is 10.4. The fraction of sp³-hybridized carbons (Fsp3) is 0.500. The van der Waals surface area contributed by atoms with Gasteiger partial charge in [0.25, 0.3) is 0 Å².